The maximum atomic E-state index is 4.86. The average Bonchev–Trinajstić information content (AvgIpc) is 2.82. The molecule has 1 N–H and O–H groups in total. The molecule has 0 radical (unpaired) electrons. The standard InChI is InChI=1S/C18H27N3/c1-14(2)13-18-20-16-8-3-4-9-17(16)21(18)12-10-15-7-5-6-11-19-15/h3-4,8-9,14-15,19H,5-7,10-13H2,1-2H3. The summed E-state index contributed by atoms with van der Waals surface area (Å²) in [6.45, 7) is 6.81. The van der Waals surface area contributed by atoms with Crippen molar-refractivity contribution < 1.29 is 0 Å². The van der Waals surface area contributed by atoms with E-state index in [1.165, 1.54) is 43.6 Å². The van der Waals surface area contributed by atoms with Crippen LogP contribution in [0.1, 0.15) is 45.4 Å². The highest BCUT2D eigenvalue weighted by atomic mass is 15.1. The molecule has 1 fully saturated rings. The van der Waals surface area contributed by atoms with Crippen LogP contribution in [0.15, 0.2) is 24.3 Å². The molecule has 0 spiro atoms. The second-order valence-corrected chi connectivity index (χ2v) is 6.70. The molecular formula is C18H27N3. The first-order chi connectivity index (χ1) is 10.2. The van der Waals surface area contributed by atoms with E-state index in [9.17, 15) is 0 Å². The fourth-order valence-electron chi connectivity index (χ4n) is 3.35. The third-order valence-electron chi connectivity index (χ3n) is 4.44. The van der Waals surface area contributed by atoms with E-state index in [0.29, 0.717) is 12.0 Å². The number of aryl methyl sites for hydroxylation is 1. The minimum atomic E-state index is 0.647. The van der Waals surface area contributed by atoms with Gasteiger partial charge in [-0.3, -0.25) is 0 Å². The van der Waals surface area contributed by atoms with Crippen molar-refractivity contribution in [2.24, 2.45) is 5.92 Å². The first-order valence-corrected chi connectivity index (χ1v) is 8.41. The van der Waals surface area contributed by atoms with Crippen LogP contribution in [0.25, 0.3) is 11.0 Å². The molecule has 2 heterocycles. The van der Waals surface area contributed by atoms with Gasteiger partial charge in [-0.05, 0) is 43.9 Å². The van der Waals surface area contributed by atoms with Crippen molar-refractivity contribution in [1.82, 2.24) is 14.9 Å². The van der Waals surface area contributed by atoms with Crippen LogP contribution in [-0.4, -0.2) is 22.1 Å². The molecule has 1 aliphatic rings. The van der Waals surface area contributed by atoms with Crippen molar-refractivity contribution in [3.8, 4) is 0 Å². The Hall–Kier alpha value is -1.35. The van der Waals surface area contributed by atoms with Crippen molar-refractivity contribution in [2.75, 3.05) is 6.54 Å². The molecule has 3 heteroatoms. The van der Waals surface area contributed by atoms with E-state index in [0.717, 1.165) is 18.5 Å². The van der Waals surface area contributed by atoms with E-state index in [2.05, 4.69) is 48.0 Å². The minimum Gasteiger partial charge on any atom is -0.328 e. The third-order valence-corrected chi connectivity index (χ3v) is 4.44. The summed E-state index contributed by atoms with van der Waals surface area (Å²) in [5, 5.41) is 3.66. The van der Waals surface area contributed by atoms with Crippen LogP contribution < -0.4 is 5.32 Å². The number of nitrogens with one attached hydrogen (secondary N) is 1. The van der Waals surface area contributed by atoms with Crippen LogP contribution in [0.2, 0.25) is 0 Å². The number of imidazole rings is 1. The summed E-state index contributed by atoms with van der Waals surface area (Å²) in [6, 6.07) is 9.24. The van der Waals surface area contributed by atoms with Gasteiger partial charge in [-0.25, -0.2) is 4.98 Å². The SMILES string of the molecule is CC(C)Cc1nc2ccccc2n1CCC1CCCCN1. The van der Waals surface area contributed by atoms with Crippen LogP contribution in [-0.2, 0) is 13.0 Å². The second-order valence-electron chi connectivity index (χ2n) is 6.70. The first-order valence-electron chi connectivity index (χ1n) is 8.41. The minimum absolute atomic E-state index is 0.647. The number of nitrogens with zero attached hydrogens (tertiary/aromatic N) is 2. The molecule has 0 aliphatic carbocycles. The molecule has 0 amide bonds. The Morgan fingerprint density at radius 2 is 2.14 bits per heavy atom. The van der Waals surface area contributed by atoms with Crippen molar-refractivity contribution >= 4 is 11.0 Å². The van der Waals surface area contributed by atoms with E-state index in [4.69, 9.17) is 4.98 Å². The van der Waals surface area contributed by atoms with Crippen molar-refractivity contribution in [3.05, 3.63) is 30.1 Å². The van der Waals surface area contributed by atoms with Gasteiger partial charge in [0.1, 0.15) is 5.82 Å². The lowest BCUT2D eigenvalue weighted by Crippen LogP contribution is -2.34. The molecule has 3 nitrogen and oxygen atoms in total. The van der Waals surface area contributed by atoms with Gasteiger partial charge in [0.15, 0.2) is 0 Å². The molecule has 1 saturated heterocycles. The molecule has 114 valence electrons. The second kappa shape index (κ2) is 6.61. The van der Waals surface area contributed by atoms with Gasteiger partial charge in [0.05, 0.1) is 11.0 Å². The van der Waals surface area contributed by atoms with Gasteiger partial charge >= 0.3 is 0 Å². The molecule has 1 aromatic heterocycles. The lowest BCUT2D eigenvalue weighted by Gasteiger charge is -2.24. The maximum Gasteiger partial charge on any atom is 0.110 e. The average molecular weight is 285 g/mol. The Labute approximate surface area is 127 Å². The van der Waals surface area contributed by atoms with E-state index >= 15 is 0 Å². The maximum absolute atomic E-state index is 4.86. The Balaban J connectivity index is 1.80. The number of rotatable bonds is 5. The monoisotopic (exact) mass is 285 g/mol. The highest BCUT2D eigenvalue weighted by Gasteiger charge is 2.15. The fraction of sp³-hybridized carbons (Fsp3) is 0.611. The molecule has 1 atom stereocenters. The van der Waals surface area contributed by atoms with Gasteiger partial charge in [-0.2, -0.15) is 0 Å². The van der Waals surface area contributed by atoms with Crippen LogP contribution in [0.3, 0.4) is 0 Å². The van der Waals surface area contributed by atoms with Crippen molar-refractivity contribution in [3.63, 3.8) is 0 Å². The summed E-state index contributed by atoms with van der Waals surface area (Å²) in [5.41, 5.74) is 2.44. The predicted molar refractivity (Wildman–Crippen MR) is 88.5 cm³/mol. The van der Waals surface area contributed by atoms with Crippen LogP contribution in [0.4, 0.5) is 0 Å². The predicted octanol–water partition coefficient (Wildman–Crippen LogP) is 3.77. The van der Waals surface area contributed by atoms with Crippen molar-refractivity contribution in [1.29, 1.82) is 0 Å². The van der Waals surface area contributed by atoms with Crippen LogP contribution in [0.5, 0.6) is 0 Å². The summed E-state index contributed by atoms with van der Waals surface area (Å²) in [4.78, 5) is 4.86. The van der Waals surface area contributed by atoms with Crippen LogP contribution >= 0.6 is 0 Å². The van der Waals surface area contributed by atoms with E-state index in [-0.39, 0.29) is 0 Å². The molecule has 0 bridgehead atoms. The van der Waals surface area contributed by atoms with Gasteiger partial charge in [0.2, 0.25) is 0 Å². The fourth-order valence-corrected chi connectivity index (χ4v) is 3.35. The Bertz CT molecular complexity index is 579. The molecule has 21 heavy (non-hydrogen) atoms. The number of fused-ring (bicyclic) bond motifs is 1. The van der Waals surface area contributed by atoms with E-state index in [1.807, 2.05) is 0 Å². The van der Waals surface area contributed by atoms with Gasteiger partial charge in [0.25, 0.3) is 0 Å². The number of aromatic nitrogens is 2. The van der Waals surface area contributed by atoms with Crippen molar-refractivity contribution in [2.45, 2.75) is 58.5 Å². The third kappa shape index (κ3) is 3.46. The molecule has 3 rings (SSSR count). The lowest BCUT2D eigenvalue weighted by atomic mass is 10.0. The molecule has 1 aliphatic heterocycles. The number of para-hydroxylation sites is 2. The van der Waals surface area contributed by atoms with Gasteiger partial charge < -0.3 is 9.88 Å². The zero-order valence-electron chi connectivity index (χ0n) is 13.3. The zero-order valence-corrected chi connectivity index (χ0v) is 13.3. The Morgan fingerprint density at radius 3 is 2.90 bits per heavy atom. The zero-order chi connectivity index (χ0) is 14.7. The normalized spacial score (nSPS) is 19.5. The summed E-state index contributed by atoms with van der Waals surface area (Å²) in [6.07, 6.45) is 6.31. The molecule has 1 unspecified atom stereocenters. The van der Waals surface area contributed by atoms with Gasteiger partial charge in [0, 0.05) is 19.0 Å². The summed E-state index contributed by atoms with van der Waals surface area (Å²) in [5.74, 6) is 1.90. The quantitative estimate of drug-likeness (QED) is 0.906. The summed E-state index contributed by atoms with van der Waals surface area (Å²) in [7, 11) is 0. The largest absolute Gasteiger partial charge is 0.328 e. The lowest BCUT2D eigenvalue weighted by molar-refractivity contribution is 0.365. The summed E-state index contributed by atoms with van der Waals surface area (Å²) < 4.78 is 2.45. The van der Waals surface area contributed by atoms with E-state index < -0.39 is 0 Å². The smallest absolute Gasteiger partial charge is 0.110 e. The number of hydrogen-bond acceptors (Lipinski definition) is 2. The van der Waals surface area contributed by atoms with Gasteiger partial charge in [-0.15, -0.1) is 0 Å². The van der Waals surface area contributed by atoms with Gasteiger partial charge in [-0.1, -0.05) is 32.4 Å². The Kier molecular flexibility index (Phi) is 4.59. The number of piperidine rings is 1. The molecule has 0 saturated carbocycles. The highest BCUT2D eigenvalue weighted by molar-refractivity contribution is 5.75. The topological polar surface area (TPSA) is 29.9 Å². The van der Waals surface area contributed by atoms with Crippen LogP contribution in [0, 0.1) is 5.92 Å². The molecular weight excluding hydrogens is 258 g/mol. The molecule has 2 aromatic rings. The highest BCUT2D eigenvalue weighted by Crippen LogP contribution is 2.20. The number of hydrogen-bond donors (Lipinski definition) is 1. The van der Waals surface area contributed by atoms with E-state index in [1.54, 1.807) is 0 Å². The summed E-state index contributed by atoms with van der Waals surface area (Å²) >= 11 is 0. The molecule has 1 aromatic carbocycles. The number of benzene rings is 1. The Morgan fingerprint density at radius 1 is 1.29 bits per heavy atom. The first kappa shape index (κ1) is 14.6.